The van der Waals surface area contributed by atoms with Crippen molar-refractivity contribution in [2.75, 3.05) is 0 Å². The van der Waals surface area contributed by atoms with Crippen LogP contribution in [0.1, 0.15) is 35.8 Å². The summed E-state index contributed by atoms with van der Waals surface area (Å²) in [5.41, 5.74) is 1.31. The van der Waals surface area contributed by atoms with Crippen LogP contribution >= 0.6 is 46.4 Å². The van der Waals surface area contributed by atoms with Crippen LogP contribution in [-0.2, 0) is 9.84 Å². The molecular formula is C18H14Cl4O2S. The van der Waals surface area contributed by atoms with Gasteiger partial charge in [0.05, 0.1) is 9.79 Å². The smallest absolute Gasteiger partial charge is 0.207 e. The largest absolute Gasteiger partial charge is 0.218 e. The van der Waals surface area contributed by atoms with Gasteiger partial charge in [-0.05, 0) is 36.1 Å². The molecule has 0 unspecified atom stereocenters. The number of alkyl halides is 4. The molecule has 0 radical (unpaired) electrons. The van der Waals surface area contributed by atoms with Crippen molar-refractivity contribution < 1.29 is 8.42 Å². The van der Waals surface area contributed by atoms with E-state index in [1.807, 2.05) is 0 Å². The molecule has 2 saturated carbocycles. The quantitative estimate of drug-likeness (QED) is 0.565. The summed E-state index contributed by atoms with van der Waals surface area (Å²) in [4.78, 5) is 0.483. The third kappa shape index (κ3) is 3.08. The summed E-state index contributed by atoms with van der Waals surface area (Å²) in [5.74, 6) is -0.370. The standard InChI is InChI=1S/C18H14Cl4O2S/c19-17(20)9-13(17)11-5-1-3-7-15(11)25(23,24)16-8-4-2-6-12(16)14-10-18(14,21)22/h1-8,13-14H,9-10H2/t13-,14-/m0/s1. The molecule has 7 heteroatoms. The molecule has 2 aromatic rings. The first-order chi connectivity index (χ1) is 11.6. The molecule has 4 rings (SSSR count). The zero-order valence-corrected chi connectivity index (χ0v) is 16.8. The molecule has 0 spiro atoms. The van der Waals surface area contributed by atoms with E-state index in [1.165, 1.54) is 0 Å². The highest BCUT2D eigenvalue weighted by molar-refractivity contribution is 7.91. The maximum atomic E-state index is 13.4. The van der Waals surface area contributed by atoms with Gasteiger partial charge in [-0.15, -0.1) is 46.4 Å². The van der Waals surface area contributed by atoms with E-state index in [0.29, 0.717) is 24.0 Å². The van der Waals surface area contributed by atoms with Crippen molar-refractivity contribution in [1.29, 1.82) is 0 Å². The summed E-state index contributed by atoms with van der Waals surface area (Å²) in [5, 5.41) is 0. The molecule has 2 nitrogen and oxygen atoms in total. The van der Waals surface area contributed by atoms with E-state index in [-0.39, 0.29) is 21.6 Å². The van der Waals surface area contributed by atoms with Crippen LogP contribution in [-0.4, -0.2) is 17.1 Å². The number of rotatable bonds is 4. The molecule has 2 atom stereocenters. The van der Waals surface area contributed by atoms with Gasteiger partial charge >= 0.3 is 0 Å². The van der Waals surface area contributed by atoms with Gasteiger partial charge < -0.3 is 0 Å². The second kappa shape index (κ2) is 5.77. The van der Waals surface area contributed by atoms with Crippen LogP contribution < -0.4 is 0 Å². The van der Waals surface area contributed by atoms with E-state index < -0.39 is 18.5 Å². The van der Waals surface area contributed by atoms with Gasteiger partial charge in [0.15, 0.2) is 0 Å². The Kier molecular flexibility index (Phi) is 4.14. The summed E-state index contributed by atoms with van der Waals surface area (Å²) in [6.45, 7) is 0. The Balaban J connectivity index is 1.83. The fourth-order valence-electron chi connectivity index (χ4n) is 3.25. The summed E-state index contributed by atoms with van der Waals surface area (Å²) >= 11 is 24.7. The predicted molar refractivity (Wildman–Crippen MR) is 102 cm³/mol. The zero-order valence-electron chi connectivity index (χ0n) is 12.9. The van der Waals surface area contributed by atoms with Gasteiger partial charge in [-0.25, -0.2) is 8.42 Å². The minimum atomic E-state index is -3.75. The molecule has 2 aliphatic rings. The van der Waals surface area contributed by atoms with Gasteiger partial charge in [0, 0.05) is 11.8 Å². The lowest BCUT2D eigenvalue weighted by atomic mass is 10.1. The van der Waals surface area contributed by atoms with Crippen molar-refractivity contribution in [2.45, 2.75) is 43.1 Å². The maximum absolute atomic E-state index is 13.4. The Hall–Kier alpha value is -0.450. The van der Waals surface area contributed by atoms with Crippen LogP contribution in [0.25, 0.3) is 0 Å². The topological polar surface area (TPSA) is 34.1 Å². The number of hydrogen-bond donors (Lipinski definition) is 0. The molecule has 0 aromatic heterocycles. The monoisotopic (exact) mass is 434 g/mol. The normalized spacial score (nSPS) is 26.2. The van der Waals surface area contributed by atoms with E-state index in [9.17, 15) is 8.42 Å². The lowest BCUT2D eigenvalue weighted by Crippen LogP contribution is -2.09. The van der Waals surface area contributed by atoms with Crippen molar-refractivity contribution in [2.24, 2.45) is 0 Å². The van der Waals surface area contributed by atoms with Crippen molar-refractivity contribution in [1.82, 2.24) is 0 Å². The molecule has 0 saturated heterocycles. The van der Waals surface area contributed by atoms with Crippen LogP contribution in [0, 0.1) is 0 Å². The van der Waals surface area contributed by atoms with Crippen LogP contribution in [0.2, 0.25) is 0 Å². The van der Waals surface area contributed by atoms with Crippen LogP contribution in [0.4, 0.5) is 0 Å². The van der Waals surface area contributed by atoms with Crippen LogP contribution in [0.15, 0.2) is 58.3 Å². The minimum absolute atomic E-state index is 0.185. The van der Waals surface area contributed by atoms with Gasteiger partial charge in [0.2, 0.25) is 9.84 Å². The van der Waals surface area contributed by atoms with E-state index in [0.717, 1.165) is 0 Å². The molecule has 0 heterocycles. The van der Waals surface area contributed by atoms with E-state index >= 15 is 0 Å². The number of sulfone groups is 1. The van der Waals surface area contributed by atoms with E-state index in [1.54, 1.807) is 48.5 Å². The Morgan fingerprint density at radius 1 is 0.720 bits per heavy atom. The lowest BCUT2D eigenvalue weighted by molar-refractivity contribution is 0.593. The first-order valence-electron chi connectivity index (χ1n) is 7.83. The van der Waals surface area contributed by atoms with Gasteiger partial charge in [-0.2, -0.15) is 0 Å². The molecule has 2 fully saturated rings. The third-order valence-electron chi connectivity index (χ3n) is 4.82. The first-order valence-corrected chi connectivity index (χ1v) is 10.8. The van der Waals surface area contributed by atoms with Gasteiger partial charge in [0.25, 0.3) is 0 Å². The predicted octanol–water partition coefficient (Wildman–Crippen LogP) is 5.84. The average molecular weight is 436 g/mol. The van der Waals surface area contributed by atoms with Crippen LogP contribution in [0.5, 0.6) is 0 Å². The highest BCUT2D eigenvalue weighted by Gasteiger charge is 2.55. The number of benzene rings is 2. The average Bonchev–Trinajstić information content (AvgIpc) is 3.41. The van der Waals surface area contributed by atoms with Crippen molar-refractivity contribution >= 4 is 56.2 Å². The van der Waals surface area contributed by atoms with Gasteiger partial charge in [0.1, 0.15) is 8.67 Å². The summed E-state index contributed by atoms with van der Waals surface area (Å²) < 4.78 is 25.0. The third-order valence-corrected chi connectivity index (χ3v) is 8.39. The molecule has 132 valence electrons. The zero-order chi connectivity index (χ0) is 18.0. The fraction of sp³-hybridized carbons (Fsp3) is 0.333. The highest BCUT2D eigenvalue weighted by atomic mass is 35.5. The minimum Gasteiger partial charge on any atom is -0.218 e. The number of halogens is 4. The summed E-state index contributed by atoms with van der Waals surface area (Å²) in [7, 11) is -3.75. The van der Waals surface area contributed by atoms with E-state index in [2.05, 4.69) is 0 Å². The second-order valence-corrected chi connectivity index (χ2v) is 11.6. The lowest BCUT2D eigenvalue weighted by Gasteiger charge is -2.14. The Morgan fingerprint density at radius 3 is 1.36 bits per heavy atom. The van der Waals surface area contributed by atoms with Crippen molar-refractivity contribution in [3.63, 3.8) is 0 Å². The second-order valence-electron chi connectivity index (χ2n) is 6.61. The first kappa shape index (κ1) is 17.9. The SMILES string of the molecule is O=S(=O)(c1ccccc1[C@@H]1CC1(Cl)Cl)c1ccccc1[C@@H]1CC1(Cl)Cl. The van der Waals surface area contributed by atoms with Crippen molar-refractivity contribution in [3.8, 4) is 0 Å². The molecule has 0 amide bonds. The number of hydrogen-bond acceptors (Lipinski definition) is 2. The van der Waals surface area contributed by atoms with Gasteiger partial charge in [-0.1, -0.05) is 36.4 Å². The molecule has 0 aliphatic heterocycles. The molecule has 0 bridgehead atoms. The van der Waals surface area contributed by atoms with Crippen LogP contribution in [0.3, 0.4) is 0 Å². The maximum Gasteiger partial charge on any atom is 0.207 e. The Morgan fingerprint density at radius 2 is 1.04 bits per heavy atom. The fourth-order valence-corrected chi connectivity index (χ4v) is 6.13. The molecule has 25 heavy (non-hydrogen) atoms. The summed E-state index contributed by atoms with van der Waals surface area (Å²) in [6.07, 6.45) is 1.08. The molecule has 2 aromatic carbocycles. The Bertz CT molecular complexity index is 882. The summed E-state index contributed by atoms with van der Waals surface area (Å²) in [6, 6.07) is 13.8. The van der Waals surface area contributed by atoms with E-state index in [4.69, 9.17) is 46.4 Å². The molecule has 0 N–H and O–H groups in total. The molecular weight excluding hydrogens is 422 g/mol. The molecule has 2 aliphatic carbocycles. The van der Waals surface area contributed by atoms with Crippen molar-refractivity contribution in [3.05, 3.63) is 59.7 Å². The highest BCUT2D eigenvalue weighted by Crippen LogP contribution is 2.62. The Labute approximate surface area is 167 Å². The van der Waals surface area contributed by atoms with Gasteiger partial charge in [-0.3, -0.25) is 0 Å².